The molecule has 0 bridgehead atoms. The Bertz CT molecular complexity index is 265. The molecule has 0 aliphatic heterocycles. The minimum absolute atomic E-state index is 0.00938. The predicted octanol–water partition coefficient (Wildman–Crippen LogP) is 1.41. The van der Waals surface area contributed by atoms with Gasteiger partial charge in [0.2, 0.25) is 5.91 Å². The van der Waals surface area contributed by atoms with Gasteiger partial charge in [0.25, 0.3) is 0 Å². The highest BCUT2D eigenvalue weighted by Crippen LogP contribution is 2.26. The van der Waals surface area contributed by atoms with E-state index in [1.807, 2.05) is 20.1 Å². The van der Waals surface area contributed by atoms with Gasteiger partial charge in [-0.1, -0.05) is 19.0 Å². The van der Waals surface area contributed by atoms with Gasteiger partial charge in [-0.15, -0.1) is 0 Å². The quantitative estimate of drug-likeness (QED) is 0.203. The highest BCUT2D eigenvalue weighted by Gasteiger charge is 2.39. The molecule has 0 aromatic heterocycles. The minimum atomic E-state index is -0.881. The number of oxime groups is 1. The second-order valence-corrected chi connectivity index (χ2v) is 4.86. The molecule has 0 radical (unpaired) electrons. The van der Waals surface area contributed by atoms with Crippen molar-refractivity contribution in [2.45, 2.75) is 33.1 Å². The molecule has 1 amide bonds. The number of hydrogen-bond donors (Lipinski definition) is 3. The molecule has 0 saturated heterocycles. The number of amidine groups is 1. The molecule has 0 aromatic rings. The lowest BCUT2D eigenvalue weighted by molar-refractivity contribution is -0.128. The van der Waals surface area contributed by atoms with E-state index in [4.69, 9.17) is 10.9 Å². The van der Waals surface area contributed by atoms with Gasteiger partial charge in [0, 0.05) is 6.54 Å². The SMILES string of the molecule is CCC(CC)(C(=O)NCCCSC)C(N)=NO. The fraction of sp³-hybridized carbons (Fsp3) is 0.818. The summed E-state index contributed by atoms with van der Waals surface area (Å²) in [6.07, 6.45) is 3.99. The van der Waals surface area contributed by atoms with Gasteiger partial charge in [-0.2, -0.15) is 11.8 Å². The summed E-state index contributed by atoms with van der Waals surface area (Å²) in [5, 5.41) is 14.6. The number of thioether (sulfide) groups is 1. The molecular formula is C11H23N3O2S. The Kier molecular flexibility index (Phi) is 7.78. The van der Waals surface area contributed by atoms with Crippen LogP contribution in [0.25, 0.3) is 0 Å². The van der Waals surface area contributed by atoms with E-state index in [-0.39, 0.29) is 11.7 Å². The lowest BCUT2D eigenvalue weighted by Gasteiger charge is -2.28. The maximum Gasteiger partial charge on any atom is 0.233 e. The molecule has 100 valence electrons. The molecule has 0 atom stereocenters. The molecule has 5 nitrogen and oxygen atoms in total. The topological polar surface area (TPSA) is 87.7 Å². The van der Waals surface area contributed by atoms with Crippen molar-refractivity contribution in [2.75, 3.05) is 18.6 Å². The second kappa shape index (κ2) is 8.22. The van der Waals surface area contributed by atoms with Crippen molar-refractivity contribution in [3.63, 3.8) is 0 Å². The number of hydrogen-bond acceptors (Lipinski definition) is 4. The van der Waals surface area contributed by atoms with E-state index in [2.05, 4.69) is 10.5 Å². The van der Waals surface area contributed by atoms with Crippen LogP contribution in [0.15, 0.2) is 5.16 Å². The molecule has 0 aromatic carbocycles. The van der Waals surface area contributed by atoms with Crippen LogP contribution in [0.5, 0.6) is 0 Å². The largest absolute Gasteiger partial charge is 0.409 e. The van der Waals surface area contributed by atoms with E-state index in [0.29, 0.717) is 19.4 Å². The molecule has 0 spiro atoms. The molecule has 6 heteroatoms. The van der Waals surface area contributed by atoms with Gasteiger partial charge in [0.1, 0.15) is 5.41 Å². The maximum atomic E-state index is 12.1. The van der Waals surface area contributed by atoms with Crippen molar-refractivity contribution in [3.05, 3.63) is 0 Å². The Balaban J connectivity index is 4.55. The molecule has 17 heavy (non-hydrogen) atoms. The summed E-state index contributed by atoms with van der Waals surface area (Å²) in [6, 6.07) is 0. The van der Waals surface area contributed by atoms with Crippen LogP contribution in [-0.4, -0.2) is 35.5 Å². The third-order valence-corrected chi connectivity index (χ3v) is 3.75. The maximum absolute atomic E-state index is 12.1. The van der Waals surface area contributed by atoms with Crippen molar-refractivity contribution in [3.8, 4) is 0 Å². The first-order valence-electron chi connectivity index (χ1n) is 5.84. The van der Waals surface area contributed by atoms with Crippen LogP contribution in [0.3, 0.4) is 0 Å². The summed E-state index contributed by atoms with van der Waals surface area (Å²) in [4.78, 5) is 12.1. The number of carbonyl (C=O) groups is 1. The number of rotatable bonds is 8. The minimum Gasteiger partial charge on any atom is -0.409 e. The van der Waals surface area contributed by atoms with Crippen LogP contribution in [0.2, 0.25) is 0 Å². The monoisotopic (exact) mass is 261 g/mol. The standard InChI is InChI=1S/C11H23N3O2S/c1-4-11(5-2,9(12)14-16)10(15)13-7-6-8-17-3/h16H,4-8H2,1-3H3,(H2,12,14)(H,13,15). The molecule has 0 unspecified atom stereocenters. The molecule has 0 heterocycles. The third-order valence-electron chi connectivity index (χ3n) is 3.05. The Morgan fingerprint density at radius 3 is 2.47 bits per heavy atom. The first kappa shape index (κ1) is 16.1. The second-order valence-electron chi connectivity index (χ2n) is 3.88. The van der Waals surface area contributed by atoms with Crippen molar-refractivity contribution in [1.29, 1.82) is 0 Å². The van der Waals surface area contributed by atoms with Crippen molar-refractivity contribution in [1.82, 2.24) is 5.32 Å². The number of amides is 1. The van der Waals surface area contributed by atoms with Gasteiger partial charge in [0.15, 0.2) is 5.84 Å². The highest BCUT2D eigenvalue weighted by molar-refractivity contribution is 7.98. The van der Waals surface area contributed by atoms with E-state index in [9.17, 15) is 4.79 Å². The summed E-state index contributed by atoms with van der Waals surface area (Å²) in [5.74, 6) is 0.846. The first-order chi connectivity index (χ1) is 8.08. The Morgan fingerprint density at radius 2 is 2.06 bits per heavy atom. The van der Waals surface area contributed by atoms with Gasteiger partial charge >= 0.3 is 0 Å². The van der Waals surface area contributed by atoms with E-state index < -0.39 is 5.41 Å². The summed E-state index contributed by atoms with van der Waals surface area (Å²) in [7, 11) is 0. The van der Waals surface area contributed by atoms with E-state index in [0.717, 1.165) is 12.2 Å². The van der Waals surface area contributed by atoms with Gasteiger partial charge in [0.05, 0.1) is 0 Å². The zero-order valence-corrected chi connectivity index (χ0v) is 11.6. The van der Waals surface area contributed by atoms with E-state index >= 15 is 0 Å². The normalized spacial score (nSPS) is 12.5. The Hall–Kier alpha value is -0.910. The van der Waals surface area contributed by atoms with Gasteiger partial charge < -0.3 is 16.3 Å². The molecule has 0 rings (SSSR count). The lowest BCUT2D eigenvalue weighted by Crippen LogP contribution is -2.49. The number of carbonyl (C=O) groups excluding carboxylic acids is 1. The molecular weight excluding hydrogens is 238 g/mol. The number of nitrogens with two attached hydrogens (primary N) is 1. The molecule has 0 aliphatic rings. The average molecular weight is 261 g/mol. The van der Waals surface area contributed by atoms with Crippen LogP contribution in [0.4, 0.5) is 0 Å². The van der Waals surface area contributed by atoms with Gasteiger partial charge in [-0.25, -0.2) is 0 Å². The van der Waals surface area contributed by atoms with Gasteiger partial charge in [-0.3, -0.25) is 4.79 Å². The van der Waals surface area contributed by atoms with Crippen LogP contribution in [0, 0.1) is 5.41 Å². The predicted molar refractivity (Wildman–Crippen MR) is 72.4 cm³/mol. The first-order valence-corrected chi connectivity index (χ1v) is 7.23. The molecule has 0 fully saturated rings. The molecule has 4 N–H and O–H groups in total. The summed E-state index contributed by atoms with van der Waals surface area (Å²) in [5.41, 5.74) is 4.76. The fourth-order valence-corrected chi connectivity index (χ4v) is 2.17. The Morgan fingerprint density at radius 1 is 1.47 bits per heavy atom. The summed E-state index contributed by atoms with van der Waals surface area (Å²) >= 11 is 1.74. The Labute approximate surface area is 107 Å². The van der Waals surface area contributed by atoms with Crippen molar-refractivity contribution >= 4 is 23.5 Å². The van der Waals surface area contributed by atoms with Crippen LogP contribution in [-0.2, 0) is 4.79 Å². The zero-order chi connectivity index (χ0) is 13.3. The smallest absolute Gasteiger partial charge is 0.233 e. The summed E-state index contributed by atoms with van der Waals surface area (Å²) in [6.45, 7) is 4.35. The summed E-state index contributed by atoms with van der Waals surface area (Å²) < 4.78 is 0. The van der Waals surface area contributed by atoms with Crippen molar-refractivity contribution in [2.24, 2.45) is 16.3 Å². The van der Waals surface area contributed by atoms with Crippen LogP contribution < -0.4 is 11.1 Å². The molecule has 0 aliphatic carbocycles. The average Bonchev–Trinajstić information content (AvgIpc) is 2.36. The number of nitrogens with one attached hydrogen (secondary N) is 1. The number of nitrogens with zero attached hydrogens (tertiary/aromatic N) is 1. The fourth-order valence-electron chi connectivity index (χ4n) is 1.73. The van der Waals surface area contributed by atoms with E-state index in [1.165, 1.54) is 0 Å². The third kappa shape index (κ3) is 4.11. The van der Waals surface area contributed by atoms with Crippen molar-refractivity contribution < 1.29 is 10.0 Å². The lowest BCUT2D eigenvalue weighted by atomic mass is 9.80. The van der Waals surface area contributed by atoms with E-state index in [1.54, 1.807) is 11.8 Å². The van der Waals surface area contributed by atoms with Gasteiger partial charge in [-0.05, 0) is 31.3 Å². The van der Waals surface area contributed by atoms with Crippen LogP contribution in [0.1, 0.15) is 33.1 Å². The highest BCUT2D eigenvalue weighted by atomic mass is 32.2. The van der Waals surface area contributed by atoms with Crippen LogP contribution >= 0.6 is 11.8 Å². The zero-order valence-electron chi connectivity index (χ0n) is 10.8. The molecule has 0 saturated carbocycles.